The number of rotatable bonds is 6. The molecular formula is C25H27NO3. The van der Waals surface area contributed by atoms with Gasteiger partial charge in [-0.05, 0) is 89.8 Å². The Bertz CT molecular complexity index is 1060. The van der Waals surface area contributed by atoms with E-state index in [2.05, 4.69) is 39.0 Å². The van der Waals surface area contributed by atoms with Gasteiger partial charge in [-0.2, -0.15) is 0 Å². The molecule has 150 valence electrons. The molecule has 3 aromatic carbocycles. The van der Waals surface area contributed by atoms with Gasteiger partial charge < -0.3 is 5.11 Å². The van der Waals surface area contributed by atoms with Gasteiger partial charge in [-0.15, -0.1) is 0 Å². The molecule has 0 radical (unpaired) electrons. The second-order valence-corrected chi connectivity index (χ2v) is 7.74. The number of nitro groups is 1. The van der Waals surface area contributed by atoms with Gasteiger partial charge in [0, 0.05) is 12.1 Å². The molecule has 29 heavy (non-hydrogen) atoms. The van der Waals surface area contributed by atoms with Crippen molar-refractivity contribution in [3.8, 4) is 16.9 Å². The van der Waals surface area contributed by atoms with Crippen LogP contribution in [0.4, 0.5) is 5.69 Å². The molecule has 1 N–H and O–H groups in total. The Morgan fingerprint density at radius 3 is 2.17 bits per heavy atom. The van der Waals surface area contributed by atoms with Crippen LogP contribution in [0.3, 0.4) is 0 Å². The van der Waals surface area contributed by atoms with Crippen LogP contribution in [-0.2, 0) is 12.8 Å². The smallest absolute Gasteiger partial charge is 0.269 e. The van der Waals surface area contributed by atoms with Gasteiger partial charge in [0.1, 0.15) is 5.75 Å². The zero-order valence-electron chi connectivity index (χ0n) is 17.4. The van der Waals surface area contributed by atoms with E-state index in [4.69, 9.17) is 0 Å². The summed E-state index contributed by atoms with van der Waals surface area (Å²) in [5, 5.41) is 20.7. The van der Waals surface area contributed by atoms with Gasteiger partial charge in [-0.1, -0.05) is 38.1 Å². The van der Waals surface area contributed by atoms with Gasteiger partial charge in [-0.25, -0.2) is 0 Å². The molecule has 4 heteroatoms. The second kappa shape index (κ2) is 8.48. The molecule has 0 aliphatic heterocycles. The number of aromatic hydroxyl groups is 1. The molecule has 0 spiro atoms. The topological polar surface area (TPSA) is 63.4 Å². The highest BCUT2D eigenvalue weighted by Crippen LogP contribution is 2.32. The summed E-state index contributed by atoms with van der Waals surface area (Å²) >= 11 is 0. The van der Waals surface area contributed by atoms with E-state index in [1.165, 1.54) is 16.7 Å². The van der Waals surface area contributed by atoms with Crippen molar-refractivity contribution in [3.05, 3.63) is 92.5 Å². The summed E-state index contributed by atoms with van der Waals surface area (Å²) in [7, 11) is 0. The zero-order chi connectivity index (χ0) is 21.1. The Hall–Kier alpha value is -3.14. The van der Waals surface area contributed by atoms with Crippen molar-refractivity contribution in [1.29, 1.82) is 0 Å². The number of nitrogens with zero attached hydrogens (tertiary/aromatic N) is 1. The molecule has 3 aromatic rings. The Kier molecular flexibility index (Phi) is 6.02. The summed E-state index contributed by atoms with van der Waals surface area (Å²) < 4.78 is 0. The summed E-state index contributed by atoms with van der Waals surface area (Å²) in [6.45, 7) is 8.33. The fourth-order valence-electron chi connectivity index (χ4n) is 3.95. The van der Waals surface area contributed by atoms with E-state index in [0.29, 0.717) is 11.7 Å². The first-order chi connectivity index (χ1) is 13.8. The number of nitro benzene ring substituents is 1. The summed E-state index contributed by atoms with van der Waals surface area (Å²) in [6.07, 6.45) is 1.81. The maximum atomic E-state index is 11.0. The quantitative estimate of drug-likeness (QED) is 0.387. The molecule has 0 aliphatic rings. The van der Waals surface area contributed by atoms with Crippen LogP contribution in [0, 0.1) is 24.0 Å². The van der Waals surface area contributed by atoms with Crippen LogP contribution in [-0.4, -0.2) is 10.0 Å². The van der Waals surface area contributed by atoms with Crippen LogP contribution in [0.15, 0.2) is 54.6 Å². The SMILES string of the molecule is CCc1cc(O)ccc1CC(C)c1ccc(-c2ccc([N+](=O)[O-])cc2C)c(C)c1. The summed E-state index contributed by atoms with van der Waals surface area (Å²) in [4.78, 5) is 10.6. The minimum absolute atomic E-state index is 0.120. The molecule has 1 unspecified atom stereocenters. The predicted molar refractivity (Wildman–Crippen MR) is 118 cm³/mol. The Balaban J connectivity index is 1.87. The molecule has 4 nitrogen and oxygen atoms in total. The van der Waals surface area contributed by atoms with Gasteiger partial charge in [-0.3, -0.25) is 10.1 Å². The summed E-state index contributed by atoms with van der Waals surface area (Å²) in [5.41, 5.74) is 8.03. The lowest BCUT2D eigenvalue weighted by atomic mass is 9.87. The summed E-state index contributed by atoms with van der Waals surface area (Å²) in [6, 6.07) is 17.1. The first kappa shape index (κ1) is 20.6. The fourth-order valence-corrected chi connectivity index (χ4v) is 3.95. The van der Waals surface area contributed by atoms with Crippen molar-refractivity contribution in [2.24, 2.45) is 0 Å². The van der Waals surface area contributed by atoms with Crippen molar-refractivity contribution in [3.63, 3.8) is 0 Å². The van der Waals surface area contributed by atoms with Crippen molar-refractivity contribution in [2.75, 3.05) is 0 Å². The normalized spacial score (nSPS) is 12.0. The van der Waals surface area contributed by atoms with Gasteiger partial charge in [0.15, 0.2) is 0 Å². The Labute approximate surface area is 172 Å². The minimum Gasteiger partial charge on any atom is -0.508 e. The lowest BCUT2D eigenvalue weighted by molar-refractivity contribution is -0.384. The third-order valence-corrected chi connectivity index (χ3v) is 5.63. The molecule has 0 aromatic heterocycles. The monoisotopic (exact) mass is 389 g/mol. The second-order valence-electron chi connectivity index (χ2n) is 7.74. The molecule has 0 amide bonds. The van der Waals surface area contributed by atoms with Gasteiger partial charge >= 0.3 is 0 Å². The molecule has 0 saturated heterocycles. The highest BCUT2D eigenvalue weighted by Gasteiger charge is 2.14. The Morgan fingerprint density at radius 2 is 1.59 bits per heavy atom. The molecular weight excluding hydrogens is 362 g/mol. The lowest BCUT2D eigenvalue weighted by Gasteiger charge is -2.17. The van der Waals surface area contributed by atoms with Gasteiger partial charge in [0.05, 0.1) is 4.92 Å². The first-order valence-electron chi connectivity index (χ1n) is 9.96. The zero-order valence-corrected chi connectivity index (χ0v) is 17.4. The van der Waals surface area contributed by atoms with E-state index in [1.54, 1.807) is 18.2 Å². The Morgan fingerprint density at radius 1 is 0.931 bits per heavy atom. The number of aryl methyl sites for hydroxylation is 3. The van der Waals surface area contributed by atoms with Crippen molar-refractivity contribution >= 4 is 5.69 Å². The maximum absolute atomic E-state index is 11.0. The van der Waals surface area contributed by atoms with Crippen LogP contribution in [0.1, 0.15) is 47.6 Å². The fraction of sp³-hybridized carbons (Fsp3) is 0.280. The van der Waals surface area contributed by atoms with Crippen LogP contribution in [0.2, 0.25) is 0 Å². The molecule has 3 rings (SSSR count). The van der Waals surface area contributed by atoms with Crippen molar-refractivity contribution in [1.82, 2.24) is 0 Å². The van der Waals surface area contributed by atoms with E-state index < -0.39 is 0 Å². The largest absolute Gasteiger partial charge is 0.508 e. The highest BCUT2D eigenvalue weighted by atomic mass is 16.6. The van der Waals surface area contributed by atoms with Crippen LogP contribution in [0.5, 0.6) is 5.75 Å². The van der Waals surface area contributed by atoms with E-state index in [9.17, 15) is 15.2 Å². The number of non-ortho nitro benzene ring substituents is 1. The molecule has 0 heterocycles. The summed E-state index contributed by atoms with van der Waals surface area (Å²) in [5.74, 6) is 0.660. The molecule has 1 atom stereocenters. The van der Waals surface area contributed by atoms with E-state index >= 15 is 0 Å². The number of hydrogen-bond donors (Lipinski definition) is 1. The van der Waals surface area contributed by atoms with Crippen LogP contribution < -0.4 is 0 Å². The predicted octanol–water partition coefficient (Wildman–Crippen LogP) is 6.49. The van der Waals surface area contributed by atoms with Gasteiger partial charge in [0.25, 0.3) is 5.69 Å². The van der Waals surface area contributed by atoms with E-state index in [-0.39, 0.29) is 10.6 Å². The maximum Gasteiger partial charge on any atom is 0.269 e. The number of phenols is 1. The van der Waals surface area contributed by atoms with Crippen molar-refractivity contribution < 1.29 is 10.0 Å². The van der Waals surface area contributed by atoms with Crippen LogP contribution in [0.25, 0.3) is 11.1 Å². The third-order valence-electron chi connectivity index (χ3n) is 5.63. The third kappa shape index (κ3) is 4.48. The van der Waals surface area contributed by atoms with E-state index in [0.717, 1.165) is 35.1 Å². The van der Waals surface area contributed by atoms with Crippen molar-refractivity contribution in [2.45, 2.75) is 46.5 Å². The highest BCUT2D eigenvalue weighted by molar-refractivity contribution is 5.72. The van der Waals surface area contributed by atoms with Crippen LogP contribution >= 0.6 is 0 Å². The van der Waals surface area contributed by atoms with Gasteiger partial charge in [0.2, 0.25) is 0 Å². The lowest BCUT2D eigenvalue weighted by Crippen LogP contribution is -2.02. The molecule has 0 saturated carbocycles. The molecule has 0 fully saturated rings. The molecule has 0 bridgehead atoms. The first-order valence-corrected chi connectivity index (χ1v) is 9.96. The number of benzene rings is 3. The average Bonchev–Trinajstić information content (AvgIpc) is 2.69. The standard InChI is InChI=1S/C25H27NO3/c1-5-19-15-23(27)9-6-21(19)12-16(2)20-7-10-24(17(3)13-20)25-11-8-22(26(28)29)14-18(25)4/h6-11,13-16,27H,5,12H2,1-4H3. The van der Waals surface area contributed by atoms with E-state index in [1.807, 2.05) is 25.1 Å². The molecule has 0 aliphatic carbocycles. The number of phenolic OH excluding ortho intramolecular Hbond substituents is 1. The average molecular weight is 389 g/mol. The minimum atomic E-state index is -0.359. The number of hydrogen-bond acceptors (Lipinski definition) is 3.